The molecule has 0 amide bonds. The quantitative estimate of drug-likeness (QED) is 0.769. The molecule has 0 saturated heterocycles. The van der Waals surface area contributed by atoms with E-state index in [0.29, 0.717) is 0 Å². The molecule has 4 heteroatoms. The monoisotopic (exact) mass is 250 g/mol. The minimum absolute atomic E-state index is 0.836. The summed E-state index contributed by atoms with van der Waals surface area (Å²) in [6.45, 7) is 11.6. The molecule has 0 fully saturated rings. The zero-order chi connectivity index (χ0) is 13.4. The fourth-order valence-corrected chi connectivity index (χ4v) is 1.94. The third kappa shape index (κ3) is 4.51. The number of hydrogen-bond acceptors (Lipinski definition) is 4. The molecule has 1 N–H and O–H groups in total. The van der Waals surface area contributed by atoms with Crippen molar-refractivity contribution in [1.29, 1.82) is 0 Å². The van der Waals surface area contributed by atoms with Crippen molar-refractivity contribution in [3.05, 3.63) is 11.9 Å². The third-order valence-electron chi connectivity index (χ3n) is 2.69. The highest BCUT2D eigenvalue weighted by atomic mass is 15.2. The Hall–Kier alpha value is -1.32. The lowest BCUT2D eigenvalue weighted by atomic mass is 10.3. The summed E-state index contributed by atoms with van der Waals surface area (Å²) in [6.07, 6.45) is 3.38. The number of nitrogens with zero attached hydrogens (tertiary/aromatic N) is 3. The molecule has 1 aromatic heterocycles. The van der Waals surface area contributed by atoms with Crippen molar-refractivity contribution in [3.63, 3.8) is 0 Å². The third-order valence-corrected chi connectivity index (χ3v) is 2.69. The molecule has 0 aliphatic rings. The van der Waals surface area contributed by atoms with E-state index in [0.717, 1.165) is 56.4 Å². The lowest BCUT2D eigenvalue weighted by Gasteiger charge is -2.23. The van der Waals surface area contributed by atoms with Gasteiger partial charge in [-0.15, -0.1) is 0 Å². The van der Waals surface area contributed by atoms with Crippen LogP contribution >= 0.6 is 0 Å². The molecule has 0 spiro atoms. The van der Waals surface area contributed by atoms with Crippen molar-refractivity contribution in [2.45, 2.75) is 47.0 Å². The van der Waals surface area contributed by atoms with Crippen LogP contribution in [-0.4, -0.2) is 29.6 Å². The highest BCUT2D eigenvalue weighted by Crippen LogP contribution is 2.16. The van der Waals surface area contributed by atoms with Crippen molar-refractivity contribution in [2.24, 2.45) is 0 Å². The second-order valence-corrected chi connectivity index (χ2v) is 4.57. The van der Waals surface area contributed by atoms with Crippen molar-refractivity contribution < 1.29 is 0 Å². The average Bonchev–Trinajstić information content (AvgIpc) is 2.35. The molecular formula is C14H26N4. The Kier molecular flexibility index (Phi) is 6.47. The molecule has 1 rings (SSSR count). The van der Waals surface area contributed by atoms with Crippen LogP contribution in [0.4, 0.5) is 11.6 Å². The molecule has 1 heterocycles. The van der Waals surface area contributed by atoms with Crippen LogP contribution in [0.5, 0.6) is 0 Å². The van der Waals surface area contributed by atoms with Gasteiger partial charge in [0.1, 0.15) is 17.5 Å². The molecule has 0 aliphatic carbocycles. The van der Waals surface area contributed by atoms with E-state index in [1.54, 1.807) is 0 Å². The van der Waals surface area contributed by atoms with Crippen LogP contribution in [-0.2, 0) is 0 Å². The number of rotatable bonds is 8. The highest BCUT2D eigenvalue weighted by molar-refractivity contribution is 5.49. The molecule has 4 nitrogen and oxygen atoms in total. The van der Waals surface area contributed by atoms with Gasteiger partial charge in [0.15, 0.2) is 0 Å². The van der Waals surface area contributed by atoms with Crippen LogP contribution in [0.1, 0.15) is 45.9 Å². The van der Waals surface area contributed by atoms with Crippen molar-refractivity contribution >= 4 is 11.6 Å². The van der Waals surface area contributed by atoms with E-state index < -0.39 is 0 Å². The Labute approximate surface area is 111 Å². The van der Waals surface area contributed by atoms with Crippen LogP contribution in [0.25, 0.3) is 0 Å². The maximum atomic E-state index is 4.55. The maximum Gasteiger partial charge on any atom is 0.134 e. The van der Waals surface area contributed by atoms with E-state index in [4.69, 9.17) is 0 Å². The Bertz CT molecular complexity index is 346. The molecule has 0 unspecified atom stereocenters. The van der Waals surface area contributed by atoms with E-state index in [9.17, 15) is 0 Å². The van der Waals surface area contributed by atoms with Gasteiger partial charge in [-0.2, -0.15) is 0 Å². The zero-order valence-corrected chi connectivity index (χ0v) is 12.2. The lowest BCUT2D eigenvalue weighted by molar-refractivity contribution is 0.730. The van der Waals surface area contributed by atoms with E-state index in [-0.39, 0.29) is 0 Å². The minimum Gasteiger partial charge on any atom is -0.370 e. The molecule has 0 atom stereocenters. The summed E-state index contributed by atoms with van der Waals surface area (Å²) in [5.41, 5.74) is 0. The van der Waals surface area contributed by atoms with E-state index in [1.165, 1.54) is 0 Å². The molecule has 1 aromatic rings. The van der Waals surface area contributed by atoms with E-state index in [2.05, 4.69) is 47.0 Å². The Balaban J connectivity index is 2.87. The first kappa shape index (κ1) is 14.7. The topological polar surface area (TPSA) is 41.0 Å². The fraction of sp³-hybridized carbons (Fsp3) is 0.714. The SMILES string of the molecule is CCCNc1cc(N(CCC)CCC)nc(C)n1. The number of hydrogen-bond donors (Lipinski definition) is 1. The maximum absolute atomic E-state index is 4.55. The van der Waals surface area contributed by atoms with Gasteiger partial charge in [0.05, 0.1) is 0 Å². The van der Waals surface area contributed by atoms with Gasteiger partial charge in [-0.3, -0.25) is 0 Å². The summed E-state index contributed by atoms with van der Waals surface area (Å²) < 4.78 is 0. The van der Waals surface area contributed by atoms with Crippen molar-refractivity contribution in [1.82, 2.24) is 9.97 Å². The van der Waals surface area contributed by atoms with E-state index >= 15 is 0 Å². The summed E-state index contributed by atoms with van der Waals surface area (Å²) in [4.78, 5) is 11.3. The number of nitrogens with one attached hydrogen (secondary N) is 1. The van der Waals surface area contributed by atoms with Gasteiger partial charge in [-0.25, -0.2) is 9.97 Å². The Morgan fingerprint density at radius 1 is 1.06 bits per heavy atom. The second kappa shape index (κ2) is 7.90. The van der Waals surface area contributed by atoms with Gasteiger partial charge in [0.25, 0.3) is 0 Å². The summed E-state index contributed by atoms with van der Waals surface area (Å²) in [7, 11) is 0. The predicted octanol–water partition coefficient (Wildman–Crippen LogP) is 3.23. The van der Waals surface area contributed by atoms with Gasteiger partial charge in [-0.1, -0.05) is 20.8 Å². The van der Waals surface area contributed by atoms with Gasteiger partial charge in [-0.05, 0) is 26.2 Å². The molecule has 0 aromatic carbocycles. The van der Waals surface area contributed by atoms with Crippen LogP contribution < -0.4 is 10.2 Å². The largest absolute Gasteiger partial charge is 0.370 e. The molecular weight excluding hydrogens is 224 g/mol. The van der Waals surface area contributed by atoms with Gasteiger partial charge < -0.3 is 10.2 Å². The zero-order valence-electron chi connectivity index (χ0n) is 12.2. The first-order valence-electron chi connectivity index (χ1n) is 7.05. The summed E-state index contributed by atoms with van der Waals surface area (Å²) in [5, 5.41) is 3.34. The van der Waals surface area contributed by atoms with Crippen molar-refractivity contribution in [2.75, 3.05) is 29.9 Å². The van der Waals surface area contributed by atoms with Crippen molar-refractivity contribution in [3.8, 4) is 0 Å². The number of aromatic nitrogens is 2. The van der Waals surface area contributed by atoms with Gasteiger partial charge >= 0.3 is 0 Å². The lowest BCUT2D eigenvalue weighted by Crippen LogP contribution is -2.26. The first-order valence-corrected chi connectivity index (χ1v) is 7.05. The minimum atomic E-state index is 0.836. The number of aryl methyl sites for hydroxylation is 1. The first-order chi connectivity index (χ1) is 8.71. The van der Waals surface area contributed by atoms with Gasteiger partial charge in [0.2, 0.25) is 0 Å². The fourth-order valence-electron chi connectivity index (χ4n) is 1.94. The smallest absolute Gasteiger partial charge is 0.134 e. The summed E-state index contributed by atoms with van der Waals surface area (Å²) >= 11 is 0. The average molecular weight is 250 g/mol. The standard InChI is InChI=1S/C14H26N4/c1-5-8-15-13-11-14(17-12(4)16-13)18(9-6-2)10-7-3/h11H,5-10H2,1-4H3,(H,15,16,17). The summed E-state index contributed by atoms with van der Waals surface area (Å²) in [6, 6.07) is 2.06. The molecule has 18 heavy (non-hydrogen) atoms. The van der Waals surface area contributed by atoms with Crippen LogP contribution in [0, 0.1) is 6.92 Å². The molecule has 0 radical (unpaired) electrons. The van der Waals surface area contributed by atoms with Crippen LogP contribution in [0.15, 0.2) is 6.07 Å². The van der Waals surface area contributed by atoms with Crippen LogP contribution in [0.3, 0.4) is 0 Å². The summed E-state index contributed by atoms with van der Waals surface area (Å²) in [5.74, 6) is 2.82. The Morgan fingerprint density at radius 3 is 2.28 bits per heavy atom. The molecule has 0 saturated carbocycles. The molecule has 102 valence electrons. The Morgan fingerprint density at radius 2 is 1.72 bits per heavy atom. The normalized spacial score (nSPS) is 10.4. The predicted molar refractivity (Wildman–Crippen MR) is 78.3 cm³/mol. The van der Waals surface area contributed by atoms with Gasteiger partial charge in [0, 0.05) is 25.7 Å². The highest BCUT2D eigenvalue weighted by Gasteiger charge is 2.08. The van der Waals surface area contributed by atoms with E-state index in [1.807, 2.05) is 6.92 Å². The second-order valence-electron chi connectivity index (χ2n) is 4.57. The number of anilines is 2. The molecule has 0 aliphatic heterocycles. The molecule has 0 bridgehead atoms. The van der Waals surface area contributed by atoms with Crippen LogP contribution in [0.2, 0.25) is 0 Å².